The number of anilines is 2. The molecule has 0 aliphatic heterocycles. The van der Waals surface area contributed by atoms with E-state index in [1.54, 1.807) is 6.20 Å². The summed E-state index contributed by atoms with van der Waals surface area (Å²) in [6, 6.07) is 22.6. The first-order valence-electron chi connectivity index (χ1n) is 8.83. The van der Waals surface area contributed by atoms with E-state index in [0.717, 1.165) is 36.2 Å². The minimum absolute atomic E-state index is 0.123. The van der Waals surface area contributed by atoms with Crippen LogP contribution in [0.25, 0.3) is 11.1 Å². The third-order valence-corrected chi connectivity index (χ3v) is 4.10. The fraction of sp³-hybridized carbons (Fsp3) is 0.182. The van der Waals surface area contributed by atoms with E-state index in [2.05, 4.69) is 52.0 Å². The summed E-state index contributed by atoms with van der Waals surface area (Å²) >= 11 is 0. The Morgan fingerprint density at radius 2 is 1.77 bits per heavy atom. The molecule has 26 heavy (non-hydrogen) atoms. The third-order valence-electron chi connectivity index (χ3n) is 4.10. The zero-order chi connectivity index (χ0) is 18.2. The van der Waals surface area contributed by atoms with Gasteiger partial charge in [0.2, 0.25) is 5.91 Å². The van der Waals surface area contributed by atoms with Crippen molar-refractivity contribution in [2.75, 3.05) is 17.2 Å². The molecule has 3 aromatic rings. The SMILES string of the molecule is CC(=O)Nc1cc(-c2ccccc2NCCCc2ccccc2)ccn1. The maximum Gasteiger partial charge on any atom is 0.222 e. The summed E-state index contributed by atoms with van der Waals surface area (Å²) in [6.07, 6.45) is 3.83. The highest BCUT2D eigenvalue weighted by molar-refractivity contribution is 5.89. The molecule has 2 aromatic carbocycles. The van der Waals surface area contributed by atoms with Gasteiger partial charge in [0.15, 0.2) is 0 Å². The second kappa shape index (κ2) is 8.81. The van der Waals surface area contributed by atoms with Gasteiger partial charge in [-0.15, -0.1) is 0 Å². The van der Waals surface area contributed by atoms with E-state index in [1.165, 1.54) is 12.5 Å². The van der Waals surface area contributed by atoms with Crippen LogP contribution in [0.3, 0.4) is 0 Å². The van der Waals surface area contributed by atoms with Crippen molar-refractivity contribution in [1.29, 1.82) is 0 Å². The van der Waals surface area contributed by atoms with Crippen LogP contribution >= 0.6 is 0 Å². The number of hydrogen-bond acceptors (Lipinski definition) is 3. The third kappa shape index (κ3) is 4.93. The molecule has 0 radical (unpaired) electrons. The second-order valence-electron chi connectivity index (χ2n) is 6.17. The van der Waals surface area contributed by atoms with Crippen LogP contribution < -0.4 is 10.6 Å². The van der Waals surface area contributed by atoms with Gasteiger partial charge in [0.25, 0.3) is 0 Å². The molecule has 1 amide bonds. The van der Waals surface area contributed by atoms with Crippen LogP contribution in [-0.4, -0.2) is 17.4 Å². The maximum absolute atomic E-state index is 11.3. The number of nitrogens with zero attached hydrogens (tertiary/aromatic N) is 1. The van der Waals surface area contributed by atoms with Gasteiger partial charge < -0.3 is 10.6 Å². The smallest absolute Gasteiger partial charge is 0.222 e. The molecule has 0 aliphatic carbocycles. The summed E-state index contributed by atoms with van der Waals surface area (Å²) in [6.45, 7) is 2.38. The Morgan fingerprint density at radius 3 is 2.58 bits per heavy atom. The Bertz CT molecular complexity index is 862. The van der Waals surface area contributed by atoms with Gasteiger partial charge in [-0.05, 0) is 42.2 Å². The van der Waals surface area contributed by atoms with E-state index >= 15 is 0 Å². The molecule has 132 valence electrons. The van der Waals surface area contributed by atoms with Gasteiger partial charge in [-0.1, -0.05) is 48.5 Å². The molecule has 4 nitrogen and oxygen atoms in total. The van der Waals surface area contributed by atoms with Gasteiger partial charge in [0, 0.05) is 30.9 Å². The van der Waals surface area contributed by atoms with Crippen molar-refractivity contribution in [1.82, 2.24) is 4.98 Å². The van der Waals surface area contributed by atoms with Crippen molar-refractivity contribution in [3.8, 4) is 11.1 Å². The predicted octanol–water partition coefficient (Wildman–Crippen LogP) is 4.75. The van der Waals surface area contributed by atoms with E-state index < -0.39 is 0 Å². The van der Waals surface area contributed by atoms with Gasteiger partial charge in [-0.3, -0.25) is 4.79 Å². The number of amides is 1. The van der Waals surface area contributed by atoms with E-state index in [9.17, 15) is 4.79 Å². The zero-order valence-electron chi connectivity index (χ0n) is 14.9. The lowest BCUT2D eigenvalue weighted by atomic mass is 10.0. The normalized spacial score (nSPS) is 10.3. The number of hydrogen-bond donors (Lipinski definition) is 2. The molecule has 2 N–H and O–H groups in total. The maximum atomic E-state index is 11.3. The Balaban J connectivity index is 1.67. The molecule has 0 unspecified atom stereocenters. The van der Waals surface area contributed by atoms with Crippen LogP contribution in [0.4, 0.5) is 11.5 Å². The largest absolute Gasteiger partial charge is 0.385 e. The molecule has 0 spiro atoms. The Labute approximate surface area is 154 Å². The summed E-state index contributed by atoms with van der Waals surface area (Å²) in [5.74, 6) is 0.441. The van der Waals surface area contributed by atoms with Crippen LogP contribution in [0.1, 0.15) is 18.9 Å². The minimum atomic E-state index is -0.123. The highest BCUT2D eigenvalue weighted by Crippen LogP contribution is 2.28. The van der Waals surface area contributed by atoms with Gasteiger partial charge in [-0.25, -0.2) is 4.98 Å². The van der Waals surface area contributed by atoms with Crippen molar-refractivity contribution in [2.24, 2.45) is 0 Å². The summed E-state index contributed by atoms with van der Waals surface area (Å²) in [7, 11) is 0. The van der Waals surface area contributed by atoms with Crippen LogP contribution in [0, 0.1) is 0 Å². The summed E-state index contributed by atoms with van der Waals surface area (Å²) in [5.41, 5.74) is 4.56. The molecule has 0 saturated carbocycles. The van der Waals surface area contributed by atoms with Crippen molar-refractivity contribution in [3.63, 3.8) is 0 Å². The minimum Gasteiger partial charge on any atom is -0.385 e. The number of benzene rings is 2. The van der Waals surface area contributed by atoms with E-state index in [4.69, 9.17) is 0 Å². The quantitative estimate of drug-likeness (QED) is 0.608. The number of para-hydroxylation sites is 1. The number of aromatic nitrogens is 1. The number of carbonyl (C=O) groups excluding carboxylic acids is 1. The summed E-state index contributed by atoms with van der Waals surface area (Å²) in [4.78, 5) is 15.4. The van der Waals surface area contributed by atoms with Crippen molar-refractivity contribution >= 4 is 17.4 Å². The molecular formula is C22H23N3O. The monoisotopic (exact) mass is 345 g/mol. The Morgan fingerprint density at radius 1 is 1.00 bits per heavy atom. The molecule has 0 atom stereocenters. The molecule has 4 heteroatoms. The molecule has 1 aromatic heterocycles. The first-order valence-corrected chi connectivity index (χ1v) is 8.83. The van der Waals surface area contributed by atoms with Crippen LogP contribution in [0.15, 0.2) is 72.9 Å². The van der Waals surface area contributed by atoms with Crippen LogP contribution in [0.2, 0.25) is 0 Å². The first kappa shape index (κ1) is 17.7. The molecule has 3 rings (SSSR count). The van der Waals surface area contributed by atoms with Gasteiger partial charge >= 0.3 is 0 Å². The number of nitrogens with one attached hydrogen (secondary N) is 2. The van der Waals surface area contributed by atoms with Crippen molar-refractivity contribution in [2.45, 2.75) is 19.8 Å². The second-order valence-corrected chi connectivity index (χ2v) is 6.17. The average molecular weight is 345 g/mol. The molecule has 0 fully saturated rings. The van der Waals surface area contributed by atoms with Gasteiger partial charge in [-0.2, -0.15) is 0 Å². The Kier molecular flexibility index (Phi) is 5.99. The van der Waals surface area contributed by atoms with Crippen molar-refractivity contribution in [3.05, 3.63) is 78.5 Å². The van der Waals surface area contributed by atoms with E-state index in [0.29, 0.717) is 5.82 Å². The fourth-order valence-electron chi connectivity index (χ4n) is 2.90. The van der Waals surface area contributed by atoms with E-state index in [1.807, 2.05) is 30.3 Å². The fourth-order valence-corrected chi connectivity index (χ4v) is 2.90. The molecule has 0 bridgehead atoms. The molecule has 1 heterocycles. The number of aryl methyl sites for hydroxylation is 1. The molecule has 0 aliphatic rings. The predicted molar refractivity (Wildman–Crippen MR) is 107 cm³/mol. The van der Waals surface area contributed by atoms with E-state index in [-0.39, 0.29) is 5.91 Å². The number of carbonyl (C=O) groups is 1. The standard InChI is InChI=1S/C22H23N3O/c1-17(26)25-22-16-19(13-15-24-22)20-11-5-6-12-21(20)23-14-7-10-18-8-3-2-4-9-18/h2-6,8-9,11-13,15-16,23H,7,10,14H2,1H3,(H,24,25,26). The lowest BCUT2D eigenvalue weighted by Crippen LogP contribution is -2.07. The lowest BCUT2D eigenvalue weighted by Gasteiger charge is -2.13. The Hall–Kier alpha value is -3.14. The highest BCUT2D eigenvalue weighted by atomic mass is 16.1. The van der Waals surface area contributed by atoms with Gasteiger partial charge in [0.05, 0.1) is 0 Å². The number of pyridine rings is 1. The summed E-state index contributed by atoms with van der Waals surface area (Å²) in [5, 5.41) is 6.27. The van der Waals surface area contributed by atoms with Crippen LogP contribution in [-0.2, 0) is 11.2 Å². The number of rotatable bonds is 7. The topological polar surface area (TPSA) is 54.0 Å². The molecule has 0 saturated heterocycles. The highest BCUT2D eigenvalue weighted by Gasteiger charge is 2.06. The lowest BCUT2D eigenvalue weighted by molar-refractivity contribution is -0.114. The molecular weight excluding hydrogens is 322 g/mol. The van der Waals surface area contributed by atoms with Crippen LogP contribution in [0.5, 0.6) is 0 Å². The van der Waals surface area contributed by atoms with Crippen molar-refractivity contribution < 1.29 is 4.79 Å². The van der Waals surface area contributed by atoms with Gasteiger partial charge in [0.1, 0.15) is 5.82 Å². The first-order chi connectivity index (χ1) is 12.7. The zero-order valence-corrected chi connectivity index (χ0v) is 14.9. The average Bonchev–Trinajstić information content (AvgIpc) is 2.66. The summed E-state index contributed by atoms with van der Waals surface area (Å²) < 4.78 is 0.